The topological polar surface area (TPSA) is 91.2 Å². The number of nitrogens with zero attached hydrogens (tertiary/aromatic N) is 6. The normalized spacial score (nSPS) is 22.8. The third-order valence-electron chi connectivity index (χ3n) is 7.81. The van der Waals surface area contributed by atoms with Crippen LogP contribution in [0.3, 0.4) is 0 Å². The number of aromatic nitrogens is 4. The summed E-state index contributed by atoms with van der Waals surface area (Å²) in [4.78, 5) is 17.9. The van der Waals surface area contributed by atoms with E-state index in [2.05, 4.69) is 43.0 Å². The molecule has 9 nitrogen and oxygen atoms in total. The third kappa shape index (κ3) is 6.73. The van der Waals surface area contributed by atoms with Gasteiger partial charge in [0.1, 0.15) is 5.82 Å². The van der Waals surface area contributed by atoms with Crippen molar-refractivity contribution in [2.45, 2.75) is 31.7 Å². The van der Waals surface area contributed by atoms with Gasteiger partial charge in [0.2, 0.25) is 0 Å². The Kier molecular flexibility index (Phi) is 8.29. The second kappa shape index (κ2) is 12.0. The molecule has 3 heterocycles. The van der Waals surface area contributed by atoms with E-state index in [1.807, 2.05) is 36.4 Å². The number of nitrogens with one attached hydrogen (secondary N) is 2. The SMILES string of the molecule is CN1CC[C@@H](CN2CCC[C@@H](Cc3ccc(F)cc3)C2)[C@@H](NC(=O)Nc2cccc(-c3nnnn3C)c2)C1. The second-order valence-electron chi connectivity index (χ2n) is 10.8. The Balaban J connectivity index is 1.18. The molecular formula is C28H37FN8O. The highest BCUT2D eigenvalue weighted by Crippen LogP contribution is 2.25. The number of carbonyl (C=O) groups is 1. The number of hydrogen-bond acceptors (Lipinski definition) is 6. The Hall–Kier alpha value is -3.37. The maximum atomic E-state index is 13.3. The smallest absolute Gasteiger partial charge is 0.319 e. The summed E-state index contributed by atoms with van der Waals surface area (Å²) in [6.45, 7) is 4.98. The molecule has 2 aliphatic rings. The lowest BCUT2D eigenvalue weighted by atomic mass is 9.88. The number of carbonyl (C=O) groups excluding carboxylic acids is 1. The number of halogens is 1. The van der Waals surface area contributed by atoms with Gasteiger partial charge in [-0.15, -0.1) is 5.10 Å². The number of urea groups is 1. The maximum Gasteiger partial charge on any atom is 0.319 e. The van der Waals surface area contributed by atoms with Crippen LogP contribution in [0.15, 0.2) is 48.5 Å². The molecule has 0 spiro atoms. The van der Waals surface area contributed by atoms with Crippen LogP contribution in [-0.4, -0.2) is 81.9 Å². The zero-order valence-corrected chi connectivity index (χ0v) is 22.2. The van der Waals surface area contributed by atoms with E-state index < -0.39 is 0 Å². The van der Waals surface area contributed by atoms with E-state index in [1.54, 1.807) is 23.9 Å². The number of likely N-dealkylation sites (tertiary alicyclic amines) is 2. The van der Waals surface area contributed by atoms with E-state index in [4.69, 9.17) is 0 Å². The number of piperidine rings is 2. The Morgan fingerprint density at radius 1 is 1.08 bits per heavy atom. The molecule has 3 aromatic rings. The summed E-state index contributed by atoms with van der Waals surface area (Å²) in [5, 5.41) is 17.9. The van der Waals surface area contributed by atoms with Crippen LogP contribution in [0.4, 0.5) is 14.9 Å². The summed E-state index contributed by atoms with van der Waals surface area (Å²) in [5.74, 6) is 1.42. The molecule has 0 saturated carbocycles. The van der Waals surface area contributed by atoms with Crippen molar-refractivity contribution in [3.05, 3.63) is 59.9 Å². The molecule has 5 rings (SSSR count). The highest BCUT2D eigenvalue weighted by Gasteiger charge is 2.32. The minimum Gasteiger partial charge on any atom is -0.334 e. The molecule has 1 aromatic heterocycles. The number of hydrogen-bond donors (Lipinski definition) is 2. The van der Waals surface area contributed by atoms with Crippen LogP contribution in [0.25, 0.3) is 11.4 Å². The fraction of sp³-hybridized carbons (Fsp3) is 0.500. The molecule has 0 bridgehead atoms. The second-order valence-corrected chi connectivity index (χ2v) is 10.8. The van der Waals surface area contributed by atoms with Crippen LogP contribution >= 0.6 is 0 Å². The molecular weight excluding hydrogens is 483 g/mol. The van der Waals surface area contributed by atoms with Gasteiger partial charge in [0.05, 0.1) is 0 Å². The highest BCUT2D eigenvalue weighted by atomic mass is 19.1. The lowest BCUT2D eigenvalue weighted by molar-refractivity contribution is 0.0997. The van der Waals surface area contributed by atoms with Gasteiger partial charge in [-0.05, 0) is 97.9 Å². The number of likely N-dealkylation sites (N-methyl/N-ethyl adjacent to an activating group) is 1. The lowest BCUT2D eigenvalue weighted by Crippen LogP contribution is -2.55. The first-order chi connectivity index (χ1) is 18.4. The Bertz CT molecular complexity index is 1220. The number of benzene rings is 2. The quantitative estimate of drug-likeness (QED) is 0.496. The van der Waals surface area contributed by atoms with Crippen LogP contribution < -0.4 is 10.6 Å². The first kappa shape index (κ1) is 26.2. The molecule has 0 unspecified atom stereocenters. The van der Waals surface area contributed by atoms with E-state index in [1.165, 1.54) is 18.4 Å². The maximum absolute atomic E-state index is 13.3. The lowest BCUT2D eigenvalue weighted by Gasteiger charge is -2.41. The molecule has 2 aliphatic heterocycles. The number of rotatable bonds is 7. The van der Waals surface area contributed by atoms with Gasteiger partial charge in [-0.1, -0.05) is 24.3 Å². The third-order valence-corrected chi connectivity index (χ3v) is 7.81. The fourth-order valence-corrected chi connectivity index (χ4v) is 5.86. The zero-order chi connectivity index (χ0) is 26.5. The number of amides is 2. The predicted octanol–water partition coefficient (Wildman–Crippen LogP) is 3.41. The van der Waals surface area contributed by atoms with Crippen molar-refractivity contribution in [2.75, 3.05) is 45.1 Å². The van der Waals surface area contributed by atoms with E-state index in [0.717, 1.165) is 51.1 Å². The molecule has 10 heteroatoms. The number of tetrazole rings is 1. The minimum absolute atomic E-state index is 0.0670. The first-order valence-electron chi connectivity index (χ1n) is 13.5. The van der Waals surface area contributed by atoms with Gasteiger partial charge in [-0.2, -0.15) is 0 Å². The molecule has 2 aromatic carbocycles. The Morgan fingerprint density at radius 3 is 2.71 bits per heavy atom. The predicted molar refractivity (Wildman–Crippen MR) is 145 cm³/mol. The summed E-state index contributed by atoms with van der Waals surface area (Å²) >= 11 is 0. The van der Waals surface area contributed by atoms with Gasteiger partial charge >= 0.3 is 6.03 Å². The summed E-state index contributed by atoms with van der Waals surface area (Å²) in [6.07, 6.45) is 4.41. The Labute approximate surface area is 223 Å². The van der Waals surface area contributed by atoms with Gasteiger partial charge < -0.3 is 20.4 Å². The number of aryl methyl sites for hydroxylation is 1. The van der Waals surface area contributed by atoms with Gasteiger partial charge in [0, 0.05) is 44.0 Å². The van der Waals surface area contributed by atoms with Crippen molar-refractivity contribution in [1.29, 1.82) is 0 Å². The van der Waals surface area contributed by atoms with Crippen molar-refractivity contribution < 1.29 is 9.18 Å². The van der Waals surface area contributed by atoms with Crippen LogP contribution in [0.1, 0.15) is 24.8 Å². The molecule has 202 valence electrons. The largest absolute Gasteiger partial charge is 0.334 e. The van der Waals surface area contributed by atoms with Gasteiger partial charge in [-0.25, -0.2) is 13.9 Å². The molecule has 2 fully saturated rings. The summed E-state index contributed by atoms with van der Waals surface area (Å²) in [6, 6.07) is 14.3. The molecule has 0 radical (unpaired) electrons. The molecule has 38 heavy (non-hydrogen) atoms. The number of anilines is 1. The van der Waals surface area contributed by atoms with E-state index >= 15 is 0 Å². The van der Waals surface area contributed by atoms with Crippen molar-refractivity contribution >= 4 is 11.7 Å². The van der Waals surface area contributed by atoms with Crippen LogP contribution in [0, 0.1) is 17.7 Å². The summed E-state index contributed by atoms with van der Waals surface area (Å²) in [5.41, 5.74) is 2.74. The van der Waals surface area contributed by atoms with Crippen molar-refractivity contribution in [2.24, 2.45) is 18.9 Å². The molecule has 0 aliphatic carbocycles. The van der Waals surface area contributed by atoms with Gasteiger partial charge in [0.15, 0.2) is 5.82 Å². The zero-order valence-electron chi connectivity index (χ0n) is 22.2. The molecule has 3 atom stereocenters. The molecule has 2 saturated heterocycles. The molecule has 2 N–H and O–H groups in total. The van der Waals surface area contributed by atoms with E-state index in [0.29, 0.717) is 23.3 Å². The monoisotopic (exact) mass is 520 g/mol. The molecule has 2 amide bonds. The minimum atomic E-state index is -0.198. The van der Waals surface area contributed by atoms with Crippen LogP contribution in [0.2, 0.25) is 0 Å². The standard InChI is InChI=1S/C28H37FN8O/c1-35-14-12-23(18-37-13-4-5-21(17-37)15-20-8-10-24(29)11-9-20)26(19-35)31-28(38)30-25-7-3-6-22(16-25)27-32-33-34-36(27)2/h3,6-11,16,21,23,26H,4-5,12-15,17-19H2,1-2H3,(H2,30,31,38)/t21-,23-,26-/m0/s1. The van der Waals surface area contributed by atoms with Crippen LogP contribution in [-0.2, 0) is 13.5 Å². The van der Waals surface area contributed by atoms with Crippen molar-refractivity contribution in [3.63, 3.8) is 0 Å². The average Bonchev–Trinajstić information content (AvgIpc) is 3.33. The van der Waals surface area contributed by atoms with Crippen LogP contribution in [0.5, 0.6) is 0 Å². The average molecular weight is 521 g/mol. The highest BCUT2D eigenvalue weighted by molar-refractivity contribution is 5.90. The summed E-state index contributed by atoms with van der Waals surface area (Å²) < 4.78 is 14.9. The van der Waals surface area contributed by atoms with Crippen molar-refractivity contribution in [3.8, 4) is 11.4 Å². The van der Waals surface area contributed by atoms with Gasteiger partial charge in [0.25, 0.3) is 0 Å². The summed E-state index contributed by atoms with van der Waals surface area (Å²) in [7, 11) is 3.90. The van der Waals surface area contributed by atoms with Crippen molar-refractivity contribution in [1.82, 2.24) is 35.3 Å². The first-order valence-corrected chi connectivity index (χ1v) is 13.5. The fourth-order valence-electron chi connectivity index (χ4n) is 5.86. The van der Waals surface area contributed by atoms with E-state index in [9.17, 15) is 9.18 Å². The van der Waals surface area contributed by atoms with E-state index in [-0.39, 0.29) is 17.9 Å². The van der Waals surface area contributed by atoms with Gasteiger partial charge in [-0.3, -0.25) is 0 Å². The Morgan fingerprint density at radius 2 is 1.92 bits per heavy atom.